The maximum absolute atomic E-state index is 11.9. The first kappa shape index (κ1) is 15.6. The summed E-state index contributed by atoms with van der Waals surface area (Å²) in [5, 5.41) is 0.915. The molecule has 0 fully saturated rings. The van der Waals surface area contributed by atoms with Gasteiger partial charge in [0.2, 0.25) is 0 Å². The van der Waals surface area contributed by atoms with Gasteiger partial charge in [-0.3, -0.25) is 15.0 Å². The summed E-state index contributed by atoms with van der Waals surface area (Å²) in [5.74, 6) is -1.04. The molecule has 2 amide bonds. The number of nitrogens with two attached hydrogens (primary N) is 1. The summed E-state index contributed by atoms with van der Waals surface area (Å²) >= 11 is 0. The standard InChI is InChI=1S/C14H17N3O3/c1-11(15)14(20)16-17(9-10-18)13(19)8-7-12-5-3-2-4-6-12/h2-8,10-11H,9,15H2,1H3,(H,16,20)/b8-7+. The van der Waals surface area contributed by atoms with E-state index in [-0.39, 0.29) is 6.54 Å². The summed E-state index contributed by atoms with van der Waals surface area (Å²) in [6.45, 7) is 1.25. The van der Waals surface area contributed by atoms with Crippen LogP contribution < -0.4 is 11.2 Å². The Morgan fingerprint density at radius 3 is 2.55 bits per heavy atom. The van der Waals surface area contributed by atoms with E-state index in [0.29, 0.717) is 6.29 Å². The minimum Gasteiger partial charge on any atom is -0.320 e. The molecule has 0 saturated carbocycles. The molecule has 6 nitrogen and oxygen atoms in total. The maximum Gasteiger partial charge on any atom is 0.265 e. The van der Waals surface area contributed by atoms with E-state index in [1.54, 1.807) is 6.08 Å². The highest BCUT2D eigenvalue weighted by molar-refractivity contribution is 5.94. The van der Waals surface area contributed by atoms with Crippen molar-refractivity contribution in [1.82, 2.24) is 10.4 Å². The van der Waals surface area contributed by atoms with Gasteiger partial charge in [0.25, 0.3) is 11.8 Å². The number of rotatable bonds is 5. The van der Waals surface area contributed by atoms with Gasteiger partial charge in [0.15, 0.2) is 0 Å². The van der Waals surface area contributed by atoms with Crippen LogP contribution in [0.4, 0.5) is 0 Å². The highest BCUT2D eigenvalue weighted by atomic mass is 16.2. The van der Waals surface area contributed by atoms with Gasteiger partial charge >= 0.3 is 0 Å². The van der Waals surface area contributed by atoms with E-state index in [1.165, 1.54) is 13.0 Å². The van der Waals surface area contributed by atoms with Crippen LogP contribution in [0.1, 0.15) is 12.5 Å². The van der Waals surface area contributed by atoms with Crippen molar-refractivity contribution >= 4 is 24.2 Å². The Balaban J connectivity index is 2.71. The van der Waals surface area contributed by atoms with Crippen LogP contribution in [0.5, 0.6) is 0 Å². The first-order chi connectivity index (χ1) is 9.54. The van der Waals surface area contributed by atoms with Gasteiger partial charge in [0.05, 0.1) is 12.6 Å². The van der Waals surface area contributed by atoms with Crippen molar-refractivity contribution in [2.24, 2.45) is 5.73 Å². The number of amides is 2. The summed E-state index contributed by atoms with van der Waals surface area (Å²) in [6, 6.07) is 8.43. The van der Waals surface area contributed by atoms with Crippen LogP contribution in [0, 0.1) is 0 Å². The first-order valence-electron chi connectivity index (χ1n) is 6.09. The lowest BCUT2D eigenvalue weighted by Gasteiger charge is -2.20. The van der Waals surface area contributed by atoms with Crippen molar-refractivity contribution in [2.45, 2.75) is 13.0 Å². The number of carbonyl (C=O) groups excluding carboxylic acids is 3. The van der Waals surface area contributed by atoms with Crippen molar-refractivity contribution in [3.8, 4) is 0 Å². The molecule has 3 N–H and O–H groups in total. The van der Waals surface area contributed by atoms with E-state index in [0.717, 1.165) is 10.6 Å². The van der Waals surface area contributed by atoms with E-state index in [9.17, 15) is 14.4 Å². The number of nitrogens with zero attached hydrogens (tertiary/aromatic N) is 1. The summed E-state index contributed by atoms with van der Waals surface area (Å²) in [4.78, 5) is 33.9. The van der Waals surface area contributed by atoms with E-state index in [4.69, 9.17) is 5.73 Å². The molecule has 0 bridgehead atoms. The summed E-state index contributed by atoms with van der Waals surface area (Å²) in [7, 11) is 0. The van der Waals surface area contributed by atoms with Gasteiger partial charge < -0.3 is 10.5 Å². The minimum absolute atomic E-state index is 0.240. The zero-order chi connectivity index (χ0) is 15.0. The second-order valence-corrected chi connectivity index (χ2v) is 4.12. The topological polar surface area (TPSA) is 92.5 Å². The lowest BCUT2D eigenvalue weighted by molar-refractivity contribution is -0.139. The number of hydrazine groups is 1. The molecular formula is C14H17N3O3. The SMILES string of the molecule is CC(N)C(=O)NN(CC=O)C(=O)/C=C/c1ccccc1. The first-order valence-corrected chi connectivity index (χ1v) is 6.09. The lowest BCUT2D eigenvalue weighted by Crippen LogP contribution is -2.51. The van der Waals surface area contributed by atoms with Gasteiger partial charge in [0, 0.05) is 6.08 Å². The van der Waals surface area contributed by atoms with Crippen LogP contribution in [0.25, 0.3) is 6.08 Å². The Hall–Kier alpha value is -2.47. The monoisotopic (exact) mass is 275 g/mol. The summed E-state index contributed by atoms with van der Waals surface area (Å²) < 4.78 is 0. The molecule has 1 atom stereocenters. The fourth-order valence-corrected chi connectivity index (χ4v) is 1.32. The Morgan fingerprint density at radius 1 is 1.35 bits per heavy atom. The molecule has 106 valence electrons. The fourth-order valence-electron chi connectivity index (χ4n) is 1.32. The molecule has 6 heteroatoms. The molecule has 0 spiro atoms. The van der Waals surface area contributed by atoms with Gasteiger partial charge in [-0.25, -0.2) is 5.01 Å². The molecular weight excluding hydrogens is 258 g/mol. The predicted octanol–water partition coefficient (Wildman–Crippen LogP) is 0.106. The van der Waals surface area contributed by atoms with Gasteiger partial charge in [-0.2, -0.15) is 0 Å². The summed E-state index contributed by atoms with van der Waals surface area (Å²) in [6.07, 6.45) is 3.40. The van der Waals surface area contributed by atoms with E-state index in [1.807, 2.05) is 30.3 Å². The zero-order valence-electron chi connectivity index (χ0n) is 11.2. The summed E-state index contributed by atoms with van der Waals surface area (Å²) in [5.41, 5.74) is 8.52. The molecule has 0 aromatic heterocycles. The second kappa shape index (κ2) is 7.85. The van der Waals surface area contributed by atoms with Crippen molar-refractivity contribution in [3.63, 3.8) is 0 Å². The molecule has 0 aliphatic rings. The average molecular weight is 275 g/mol. The normalized spacial score (nSPS) is 11.9. The van der Waals surface area contributed by atoms with Crippen LogP contribution in [0.3, 0.4) is 0 Å². The largest absolute Gasteiger partial charge is 0.320 e. The molecule has 1 unspecified atom stereocenters. The maximum atomic E-state index is 11.9. The van der Waals surface area contributed by atoms with Crippen molar-refractivity contribution in [2.75, 3.05) is 6.54 Å². The minimum atomic E-state index is -0.768. The number of benzene rings is 1. The third kappa shape index (κ3) is 5.03. The third-order valence-electron chi connectivity index (χ3n) is 2.40. The molecule has 0 aliphatic heterocycles. The molecule has 0 saturated heterocycles. The van der Waals surface area contributed by atoms with E-state index >= 15 is 0 Å². The van der Waals surface area contributed by atoms with Crippen LogP contribution in [-0.4, -0.2) is 35.7 Å². The molecule has 20 heavy (non-hydrogen) atoms. The van der Waals surface area contributed by atoms with Gasteiger partial charge in [-0.15, -0.1) is 0 Å². The smallest absolute Gasteiger partial charge is 0.265 e. The van der Waals surface area contributed by atoms with Crippen LogP contribution in [0.2, 0.25) is 0 Å². The van der Waals surface area contributed by atoms with Crippen molar-refractivity contribution in [3.05, 3.63) is 42.0 Å². The number of carbonyl (C=O) groups is 3. The Bertz CT molecular complexity index is 498. The average Bonchev–Trinajstić information content (AvgIpc) is 2.45. The predicted molar refractivity (Wildman–Crippen MR) is 75.0 cm³/mol. The number of hydrogen-bond donors (Lipinski definition) is 2. The molecule has 0 heterocycles. The quantitative estimate of drug-likeness (QED) is 0.453. The van der Waals surface area contributed by atoms with Gasteiger partial charge in [0.1, 0.15) is 6.29 Å². The third-order valence-corrected chi connectivity index (χ3v) is 2.40. The van der Waals surface area contributed by atoms with Crippen molar-refractivity contribution in [1.29, 1.82) is 0 Å². The number of hydrogen-bond acceptors (Lipinski definition) is 4. The number of nitrogens with one attached hydrogen (secondary N) is 1. The highest BCUT2D eigenvalue weighted by Gasteiger charge is 2.15. The molecule has 0 radical (unpaired) electrons. The van der Waals surface area contributed by atoms with Crippen LogP contribution in [-0.2, 0) is 14.4 Å². The fraction of sp³-hybridized carbons (Fsp3) is 0.214. The van der Waals surface area contributed by atoms with Crippen LogP contribution in [0.15, 0.2) is 36.4 Å². The highest BCUT2D eigenvalue weighted by Crippen LogP contribution is 2.01. The lowest BCUT2D eigenvalue weighted by atomic mass is 10.2. The Morgan fingerprint density at radius 2 is 2.00 bits per heavy atom. The van der Waals surface area contributed by atoms with E-state index < -0.39 is 17.9 Å². The zero-order valence-corrected chi connectivity index (χ0v) is 11.2. The van der Waals surface area contributed by atoms with E-state index in [2.05, 4.69) is 5.43 Å². The Labute approximate surface area is 117 Å². The number of aldehydes is 1. The molecule has 0 aliphatic carbocycles. The van der Waals surface area contributed by atoms with Crippen LogP contribution >= 0.6 is 0 Å². The van der Waals surface area contributed by atoms with Crippen molar-refractivity contribution < 1.29 is 14.4 Å². The molecule has 1 aromatic rings. The van der Waals surface area contributed by atoms with Gasteiger partial charge in [-0.05, 0) is 18.6 Å². The molecule has 1 rings (SSSR count). The Kier molecular flexibility index (Phi) is 6.12. The van der Waals surface area contributed by atoms with Gasteiger partial charge in [-0.1, -0.05) is 30.3 Å². The molecule has 1 aromatic carbocycles. The second-order valence-electron chi connectivity index (χ2n) is 4.12.